The summed E-state index contributed by atoms with van der Waals surface area (Å²) in [6.45, 7) is 4.62. The van der Waals surface area contributed by atoms with Crippen molar-refractivity contribution >= 4 is 11.0 Å². The number of aromatic hydroxyl groups is 1. The van der Waals surface area contributed by atoms with Gasteiger partial charge in [0, 0.05) is 33.9 Å². The minimum Gasteiger partial charge on any atom is -0.507 e. The van der Waals surface area contributed by atoms with E-state index in [4.69, 9.17) is 9.97 Å². The van der Waals surface area contributed by atoms with Gasteiger partial charge in [-0.05, 0) is 87.5 Å². The van der Waals surface area contributed by atoms with Crippen LogP contribution in [0.25, 0.3) is 83.9 Å². The van der Waals surface area contributed by atoms with Gasteiger partial charge in [-0.25, -0.2) is 4.98 Å². The van der Waals surface area contributed by atoms with Gasteiger partial charge in [-0.1, -0.05) is 141 Å². The summed E-state index contributed by atoms with van der Waals surface area (Å²) in [6, 6.07) is 61.0. The number of hydrogen-bond acceptors (Lipinski definition) is 3. The fourth-order valence-corrected chi connectivity index (χ4v) is 8.43. The van der Waals surface area contributed by atoms with E-state index >= 15 is 0 Å². The van der Waals surface area contributed by atoms with Gasteiger partial charge in [0.2, 0.25) is 0 Å². The van der Waals surface area contributed by atoms with Gasteiger partial charge in [0.05, 0.1) is 28.0 Å². The number of hydrogen-bond donors (Lipinski definition) is 1. The van der Waals surface area contributed by atoms with E-state index in [2.05, 4.69) is 170 Å². The molecule has 4 heteroatoms. The maximum absolute atomic E-state index is 11.3. The Balaban J connectivity index is 1.21. The molecule has 10 rings (SSSR count). The van der Waals surface area contributed by atoms with Crippen LogP contribution in [-0.4, -0.2) is 19.6 Å². The molecule has 0 fully saturated rings. The maximum atomic E-state index is 11.3. The highest BCUT2D eigenvalue weighted by atomic mass is 16.3. The van der Waals surface area contributed by atoms with Crippen LogP contribution in [-0.2, 0) is 5.41 Å². The average Bonchev–Trinajstić information content (AvgIpc) is 3.73. The highest BCUT2D eigenvalue weighted by Gasteiger charge is 2.35. The first-order valence-electron chi connectivity index (χ1n) is 18.7. The van der Waals surface area contributed by atoms with Gasteiger partial charge in [0.15, 0.2) is 0 Å². The van der Waals surface area contributed by atoms with Crippen molar-refractivity contribution in [2.75, 3.05) is 0 Å². The molecule has 0 amide bonds. The molecule has 0 bridgehead atoms. The predicted molar refractivity (Wildman–Crippen MR) is 225 cm³/mol. The summed E-state index contributed by atoms with van der Waals surface area (Å²) < 4.78 is 2.19. The molecule has 0 saturated heterocycles. The molecule has 1 aliphatic carbocycles. The summed E-state index contributed by atoms with van der Waals surface area (Å²) >= 11 is 0. The molecule has 1 N–H and O–H groups in total. The lowest BCUT2D eigenvalue weighted by molar-refractivity contribution is 0.477. The normalized spacial score (nSPS) is 12.8. The van der Waals surface area contributed by atoms with E-state index in [1.807, 2.05) is 24.3 Å². The van der Waals surface area contributed by atoms with E-state index in [0.29, 0.717) is 11.4 Å². The van der Waals surface area contributed by atoms with Crippen LogP contribution in [0.1, 0.15) is 25.0 Å². The Labute approximate surface area is 320 Å². The maximum Gasteiger partial charge on any atom is 0.149 e. The number of para-hydroxylation sites is 3. The molecule has 1 aliphatic rings. The minimum atomic E-state index is -0.142. The molecular weight excluding hydrogens is 671 g/mol. The Bertz CT molecular complexity index is 2910. The van der Waals surface area contributed by atoms with E-state index in [1.54, 1.807) is 6.07 Å². The fourth-order valence-electron chi connectivity index (χ4n) is 8.43. The molecule has 0 spiro atoms. The zero-order chi connectivity index (χ0) is 37.1. The van der Waals surface area contributed by atoms with Crippen LogP contribution >= 0.6 is 0 Å². The van der Waals surface area contributed by atoms with Crippen molar-refractivity contribution in [2.45, 2.75) is 19.3 Å². The Morgan fingerprint density at radius 2 is 1.09 bits per heavy atom. The molecular formula is C51H37N3O. The topological polar surface area (TPSA) is 50.9 Å². The Hall–Kier alpha value is -7.04. The minimum absolute atomic E-state index is 0.142. The Morgan fingerprint density at radius 3 is 1.87 bits per heavy atom. The number of pyridine rings is 1. The number of rotatable bonds is 6. The van der Waals surface area contributed by atoms with Crippen LogP contribution < -0.4 is 0 Å². The third-order valence-corrected chi connectivity index (χ3v) is 11.2. The number of imidazole rings is 1. The number of fused-ring (bicyclic) bond motifs is 4. The lowest BCUT2D eigenvalue weighted by Crippen LogP contribution is -2.15. The SMILES string of the molecule is CC1(C)c2ccccc2-c2cnc(-c3cc(-c4ccccc4)cc(-c4cccc5c4nc(-c4ccccc4O)n5-c4ccccc4-c4ccccc4)c3)cc21. The molecule has 0 unspecified atom stereocenters. The van der Waals surface area contributed by atoms with Crippen molar-refractivity contribution < 1.29 is 5.11 Å². The van der Waals surface area contributed by atoms with E-state index in [9.17, 15) is 5.11 Å². The highest BCUT2D eigenvalue weighted by Crippen LogP contribution is 2.49. The molecule has 2 heterocycles. The van der Waals surface area contributed by atoms with Gasteiger partial charge < -0.3 is 5.11 Å². The number of nitrogens with zero attached hydrogens (tertiary/aromatic N) is 3. The average molecular weight is 708 g/mol. The van der Waals surface area contributed by atoms with Gasteiger partial charge in [-0.3, -0.25) is 9.55 Å². The van der Waals surface area contributed by atoms with Crippen molar-refractivity contribution in [3.63, 3.8) is 0 Å². The van der Waals surface area contributed by atoms with E-state index in [1.165, 1.54) is 22.3 Å². The molecule has 55 heavy (non-hydrogen) atoms. The highest BCUT2D eigenvalue weighted by molar-refractivity contribution is 5.98. The first-order chi connectivity index (χ1) is 27.0. The zero-order valence-corrected chi connectivity index (χ0v) is 30.6. The van der Waals surface area contributed by atoms with Crippen LogP contribution in [0.2, 0.25) is 0 Å². The molecule has 262 valence electrons. The van der Waals surface area contributed by atoms with E-state index in [0.717, 1.165) is 61.4 Å². The Morgan fingerprint density at radius 1 is 0.473 bits per heavy atom. The number of benzene rings is 7. The summed E-state index contributed by atoms with van der Waals surface area (Å²) in [5.74, 6) is 0.851. The summed E-state index contributed by atoms with van der Waals surface area (Å²) in [7, 11) is 0. The monoisotopic (exact) mass is 707 g/mol. The van der Waals surface area contributed by atoms with Gasteiger partial charge in [0.25, 0.3) is 0 Å². The predicted octanol–water partition coefficient (Wildman–Crippen LogP) is 12.8. The van der Waals surface area contributed by atoms with Crippen molar-refractivity contribution in [1.29, 1.82) is 0 Å². The van der Waals surface area contributed by atoms with Crippen molar-refractivity contribution in [1.82, 2.24) is 14.5 Å². The zero-order valence-electron chi connectivity index (χ0n) is 30.6. The van der Waals surface area contributed by atoms with Crippen molar-refractivity contribution in [3.8, 4) is 78.6 Å². The second-order valence-corrected chi connectivity index (χ2v) is 14.8. The molecule has 0 aliphatic heterocycles. The van der Waals surface area contributed by atoms with Crippen LogP contribution in [0.4, 0.5) is 0 Å². The quantitative estimate of drug-likeness (QED) is 0.187. The van der Waals surface area contributed by atoms with E-state index in [-0.39, 0.29) is 11.2 Å². The summed E-state index contributed by atoms with van der Waals surface area (Å²) in [5.41, 5.74) is 16.8. The van der Waals surface area contributed by atoms with Crippen molar-refractivity contribution in [3.05, 3.63) is 193 Å². The van der Waals surface area contributed by atoms with Crippen LogP contribution in [0.3, 0.4) is 0 Å². The van der Waals surface area contributed by atoms with Gasteiger partial charge in [-0.15, -0.1) is 0 Å². The molecule has 4 nitrogen and oxygen atoms in total. The molecule has 9 aromatic rings. The fraction of sp³-hybridized carbons (Fsp3) is 0.0588. The summed E-state index contributed by atoms with van der Waals surface area (Å²) in [6.07, 6.45) is 2.05. The van der Waals surface area contributed by atoms with Crippen LogP contribution in [0, 0.1) is 0 Å². The van der Waals surface area contributed by atoms with Crippen LogP contribution in [0.15, 0.2) is 182 Å². The standard InChI is InChI=1S/C51H37N3O/c1-51(2)43-24-12-9-21-40(43)42-32-52-45(31-44(42)51)37-29-35(33-16-5-3-6-17-33)28-36(30-37)39-23-15-26-47-49(39)53-50(41-22-11-14-27-48(41)55)54(47)46-25-13-10-20-38(46)34-18-7-4-8-19-34/h3-32,55H,1-2H3. The second kappa shape index (κ2) is 12.8. The van der Waals surface area contributed by atoms with Crippen LogP contribution in [0.5, 0.6) is 5.75 Å². The second-order valence-electron chi connectivity index (χ2n) is 14.8. The van der Waals surface area contributed by atoms with Gasteiger partial charge in [-0.2, -0.15) is 0 Å². The lowest BCUT2D eigenvalue weighted by atomic mass is 9.82. The summed E-state index contributed by atoms with van der Waals surface area (Å²) in [5, 5.41) is 11.3. The first kappa shape index (κ1) is 32.6. The molecule has 0 atom stereocenters. The van der Waals surface area contributed by atoms with Crippen molar-refractivity contribution in [2.24, 2.45) is 0 Å². The number of phenols is 1. The largest absolute Gasteiger partial charge is 0.507 e. The molecule has 0 radical (unpaired) electrons. The lowest BCUT2D eigenvalue weighted by Gasteiger charge is -2.21. The van der Waals surface area contributed by atoms with Gasteiger partial charge >= 0.3 is 0 Å². The third-order valence-electron chi connectivity index (χ3n) is 11.2. The molecule has 7 aromatic carbocycles. The van der Waals surface area contributed by atoms with Gasteiger partial charge in [0.1, 0.15) is 11.6 Å². The number of phenolic OH excluding ortho intramolecular Hbond substituents is 1. The Kier molecular flexibility index (Phi) is 7.60. The first-order valence-corrected chi connectivity index (χ1v) is 18.7. The third kappa shape index (κ3) is 5.37. The van der Waals surface area contributed by atoms with E-state index < -0.39 is 0 Å². The molecule has 0 saturated carbocycles. The summed E-state index contributed by atoms with van der Waals surface area (Å²) in [4.78, 5) is 10.5. The number of aromatic nitrogens is 3. The smallest absolute Gasteiger partial charge is 0.149 e. The molecule has 2 aromatic heterocycles.